The molecule has 33 heavy (non-hydrogen) atoms. The normalized spacial score (nSPS) is 11.9. The van der Waals surface area contributed by atoms with Gasteiger partial charge in [-0.1, -0.05) is 24.3 Å². The number of aromatic nitrogens is 1. The number of nitrogens with one attached hydrogen (secondary N) is 2. The molecule has 0 unspecified atom stereocenters. The molecule has 5 nitrogen and oxygen atoms in total. The Balaban J connectivity index is 0.000000237. The molecule has 0 amide bonds. The number of nitrogens with zero attached hydrogens (tertiary/aromatic N) is 1. The largest absolute Gasteiger partial charge is 0.430 e. The van der Waals surface area contributed by atoms with Gasteiger partial charge in [-0.25, -0.2) is 9.37 Å². The number of hydrogen-bond donors (Lipinski definition) is 3. The number of hydrogen-bond acceptors (Lipinski definition) is 6. The van der Waals surface area contributed by atoms with E-state index in [-0.39, 0.29) is 5.82 Å². The van der Waals surface area contributed by atoms with Gasteiger partial charge in [0.05, 0.1) is 5.69 Å². The standard InChI is InChI=1S/C10H9F6NO.C10H7FN2OS/c1-17-7-4-2-6(3-5-7)8(18,9(11,12)13)10(14,15)16;11-8-3-1-2-4-9(8)13-10-12-7(5-14)6-15-10/h2-5,17-18H,1H3;1-6H,(H,12,13). The van der Waals surface area contributed by atoms with Gasteiger partial charge in [0.2, 0.25) is 0 Å². The van der Waals surface area contributed by atoms with E-state index in [1.54, 1.807) is 23.6 Å². The van der Waals surface area contributed by atoms with Gasteiger partial charge in [0, 0.05) is 23.7 Å². The molecule has 13 heteroatoms. The van der Waals surface area contributed by atoms with Crippen LogP contribution in [0, 0.1) is 5.82 Å². The maximum absolute atomic E-state index is 13.2. The first kappa shape index (κ1) is 26.1. The van der Waals surface area contributed by atoms with Crippen molar-refractivity contribution in [3.63, 3.8) is 0 Å². The number of anilines is 3. The Bertz CT molecular complexity index is 1050. The van der Waals surface area contributed by atoms with E-state index in [9.17, 15) is 35.5 Å². The van der Waals surface area contributed by atoms with Crippen molar-refractivity contribution in [2.45, 2.75) is 18.0 Å². The fourth-order valence-corrected chi connectivity index (χ4v) is 3.11. The van der Waals surface area contributed by atoms with Crippen LogP contribution in [-0.2, 0) is 5.60 Å². The zero-order valence-corrected chi connectivity index (χ0v) is 17.4. The Morgan fingerprint density at radius 3 is 2.00 bits per heavy atom. The third kappa shape index (κ3) is 5.99. The monoisotopic (exact) mass is 495 g/mol. The smallest absolute Gasteiger partial charge is 0.388 e. The van der Waals surface area contributed by atoms with Gasteiger partial charge in [-0.15, -0.1) is 11.3 Å². The first-order chi connectivity index (χ1) is 15.3. The lowest BCUT2D eigenvalue weighted by molar-refractivity contribution is -0.376. The van der Waals surface area contributed by atoms with Crippen LogP contribution in [0.5, 0.6) is 0 Å². The highest BCUT2D eigenvalue weighted by molar-refractivity contribution is 7.13. The van der Waals surface area contributed by atoms with Crippen LogP contribution in [0.1, 0.15) is 16.1 Å². The Morgan fingerprint density at radius 1 is 0.970 bits per heavy atom. The second kappa shape index (κ2) is 10.2. The first-order valence-corrected chi connectivity index (χ1v) is 9.77. The number of benzene rings is 2. The number of para-hydroxylation sites is 1. The van der Waals surface area contributed by atoms with E-state index in [1.807, 2.05) is 0 Å². The van der Waals surface area contributed by atoms with Gasteiger partial charge in [0.1, 0.15) is 11.5 Å². The average molecular weight is 495 g/mol. The molecule has 0 saturated carbocycles. The molecule has 0 saturated heterocycles. The van der Waals surface area contributed by atoms with E-state index in [1.165, 1.54) is 24.5 Å². The average Bonchev–Trinajstić information content (AvgIpc) is 3.21. The quantitative estimate of drug-likeness (QED) is 0.305. The molecule has 2 aromatic carbocycles. The van der Waals surface area contributed by atoms with E-state index >= 15 is 0 Å². The summed E-state index contributed by atoms with van der Waals surface area (Å²) in [5, 5.41) is 16.5. The molecule has 3 aromatic rings. The van der Waals surface area contributed by atoms with Gasteiger partial charge in [-0.3, -0.25) is 4.79 Å². The summed E-state index contributed by atoms with van der Waals surface area (Å²) in [5.74, 6) is -0.347. The number of aliphatic hydroxyl groups is 1. The Hall–Kier alpha value is -3.19. The highest BCUT2D eigenvalue weighted by Gasteiger charge is 2.71. The second-order valence-corrected chi connectivity index (χ2v) is 7.19. The van der Waals surface area contributed by atoms with Gasteiger partial charge in [0.25, 0.3) is 5.60 Å². The minimum Gasteiger partial charge on any atom is -0.388 e. The summed E-state index contributed by atoms with van der Waals surface area (Å²) in [5.41, 5.74) is -5.12. The molecule has 0 radical (unpaired) electrons. The summed E-state index contributed by atoms with van der Waals surface area (Å²) in [6.07, 6.45) is -11.1. The van der Waals surface area contributed by atoms with Crippen LogP contribution >= 0.6 is 11.3 Å². The fourth-order valence-electron chi connectivity index (χ4n) is 2.44. The maximum atomic E-state index is 13.2. The van der Waals surface area contributed by atoms with E-state index in [4.69, 9.17) is 5.11 Å². The predicted molar refractivity (Wildman–Crippen MR) is 109 cm³/mol. The minimum absolute atomic E-state index is 0.324. The lowest BCUT2D eigenvalue weighted by atomic mass is 9.92. The molecule has 0 fully saturated rings. The molecule has 3 N–H and O–H groups in total. The molecule has 3 rings (SSSR count). The van der Waals surface area contributed by atoms with Crippen molar-refractivity contribution in [2.24, 2.45) is 0 Å². The van der Waals surface area contributed by atoms with Crippen molar-refractivity contribution in [1.29, 1.82) is 0 Å². The zero-order chi connectivity index (χ0) is 24.9. The number of carbonyl (C=O) groups is 1. The van der Waals surface area contributed by atoms with Crippen LogP contribution < -0.4 is 10.6 Å². The van der Waals surface area contributed by atoms with Crippen molar-refractivity contribution in [1.82, 2.24) is 4.98 Å². The Kier molecular flexibility index (Phi) is 8.03. The molecule has 178 valence electrons. The predicted octanol–water partition coefficient (Wildman–Crippen LogP) is 5.88. The van der Waals surface area contributed by atoms with Crippen molar-refractivity contribution < 1.29 is 40.6 Å². The van der Waals surface area contributed by atoms with Crippen molar-refractivity contribution >= 4 is 34.1 Å². The third-order valence-electron chi connectivity index (χ3n) is 4.17. The number of rotatable bonds is 5. The van der Waals surface area contributed by atoms with Crippen LogP contribution in [0.25, 0.3) is 0 Å². The van der Waals surface area contributed by atoms with Crippen molar-refractivity contribution in [2.75, 3.05) is 17.7 Å². The molecular formula is C20H16F7N3O2S. The van der Waals surface area contributed by atoms with Crippen molar-refractivity contribution in [3.8, 4) is 0 Å². The topological polar surface area (TPSA) is 74.2 Å². The molecule has 0 aliphatic carbocycles. The Morgan fingerprint density at radius 2 is 1.55 bits per heavy atom. The molecule has 0 aliphatic heterocycles. The highest BCUT2D eigenvalue weighted by atomic mass is 32.1. The zero-order valence-electron chi connectivity index (χ0n) is 16.6. The number of alkyl halides is 6. The van der Waals surface area contributed by atoms with Gasteiger partial charge in [0.15, 0.2) is 11.4 Å². The molecule has 0 aliphatic rings. The molecule has 0 bridgehead atoms. The van der Waals surface area contributed by atoms with Gasteiger partial charge in [-0.05, 0) is 24.3 Å². The van der Waals surface area contributed by atoms with E-state index < -0.39 is 23.5 Å². The van der Waals surface area contributed by atoms with Crippen LogP contribution in [0.2, 0.25) is 0 Å². The molecule has 1 aromatic heterocycles. The molecule has 1 heterocycles. The molecular weight excluding hydrogens is 479 g/mol. The number of thiazole rings is 1. The fraction of sp³-hybridized carbons (Fsp3) is 0.200. The van der Waals surface area contributed by atoms with Crippen LogP contribution in [0.3, 0.4) is 0 Å². The van der Waals surface area contributed by atoms with E-state index in [2.05, 4.69) is 15.6 Å². The first-order valence-electron chi connectivity index (χ1n) is 8.90. The Labute approximate surface area is 186 Å². The summed E-state index contributed by atoms with van der Waals surface area (Å²) in [4.78, 5) is 14.3. The van der Waals surface area contributed by atoms with E-state index in [0.717, 1.165) is 12.1 Å². The molecule has 0 spiro atoms. The molecule has 0 atom stereocenters. The van der Waals surface area contributed by atoms with Crippen LogP contribution in [0.4, 0.5) is 47.2 Å². The third-order valence-corrected chi connectivity index (χ3v) is 4.95. The summed E-state index contributed by atoms with van der Waals surface area (Å²) < 4.78 is 88.1. The van der Waals surface area contributed by atoms with Crippen molar-refractivity contribution in [3.05, 3.63) is 71.0 Å². The van der Waals surface area contributed by atoms with E-state index in [0.29, 0.717) is 40.6 Å². The number of aldehydes is 1. The lowest BCUT2D eigenvalue weighted by Gasteiger charge is -2.32. The van der Waals surface area contributed by atoms with Gasteiger partial charge >= 0.3 is 12.4 Å². The summed E-state index contributed by atoms with van der Waals surface area (Å²) in [7, 11) is 1.45. The summed E-state index contributed by atoms with van der Waals surface area (Å²) >= 11 is 1.26. The van der Waals surface area contributed by atoms with Gasteiger partial charge < -0.3 is 15.7 Å². The SMILES string of the molecule is CNc1ccc(C(O)(C(F)(F)F)C(F)(F)F)cc1.O=Cc1csc(Nc2ccccc2F)n1. The second-order valence-electron chi connectivity index (χ2n) is 6.33. The lowest BCUT2D eigenvalue weighted by Crippen LogP contribution is -2.53. The van der Waals surface area contributed by atoms with Gasteiger partial charge in [-0.2, -0.15) is 26.3 Å². The number of halogens is 7. The summed E-state index contributed by atoms with van der Waals surface area (Å²) in [6, 6.07) is 9.47. The highest BCUT2D eigenvalue weighted by Crippen LogP contribution is 2.50. The van der Waals surface area contributed by atoms with Crippen LogP contribution in [0.15, 0.2) is 53.9 Å². The summed E-state index contributed by atoms with van der Waals surface area (Å²) in [6.45, 7) is 0. The minimum atomic E-state index is -5.85. The maximum Gasteiger partial charge on any atom is 0.430 e. The number of carbonyl (C=O) groups excluding carboxylic acids is 1. The van der Waals surface area contributed by atoms with Crippen LogP contribution in [-0.4, -0.2) is 35.8 Å².